The van der Waals surface area contributed by atoms with Crippen molar-refractivity contribution in [2.75, 3.05) is 19.6 Å². The van der Waals surface area contributed by atoms with Gasteiger partial charge in [0.15, 0.2) is 0 Å². The standard InChI is InChI=1S/C21H28ClN3O3S/c1-4-25(16(2)3)13-12-23-21(26)18-10-11-19(22)20(14-18)29(27,28)24-15-17-8-6-5-7-9-17/h5-11,14,16,24H,4,12-13,15H2,1-3H3,(H,23,26). The number of hydrogen-bond acceptors (Lipinski definition) is 4. The summed E-state index contributed by atoms with van der Waals surface area (Å²) >= 11 is 6.11. The van der Waals surface area contributed by atoms with Crippen LogP contribution in [0.2, 0.25) is 5.02 Å². The summed E-state index contributed by atoms with van der Waals surface area (Å²) in [7, 11) is -3.86. The van der Waals surface area contributed by atoms with E-state index in [4.69, 9.17) is 11.6 Å². The Hall–Kier alpha value is -1.93. The van der Waals surface area contributed by atoms with Crippen molar-refractivity contribution in [2.24, 2.45) is 0 Å². The molecule has 0 aliphatic rings. The summed E-state index contributed by atoms with van der Waals surface area (Å²) < 4.78 is 27.9. The Bertz CT molecular complexity index is 918. The van der Waals surface area contributed by atoms with Gasteiger partial charge in [-0.1, -0.05) is 48.9 Å². The van der Waals surface area contributed by atoms with Gasteiger partial charge in [0.25, 0.3) is 5.91 Å². The number of carbonyl (C=O) groups excluding carboxylic acids is 1. The maximum atomic E-state index is 12.7. The fourth-order valence-electron chi connectivity index (χ4n) is 2.90. The van der Waals surface area contributed by atoms with Crippen molar-refractivity contribution in [3.63, 3.8) is 0 Å². The summed E-state index contributed by atoms with van der Waals surface area (Å²) in [6, 6.07) is 13.8. The van der Waals surface area contributed by atoms with E-state index in [9.17, 15) is 13.2 Å². The number of carbonyl (C=O) groups is 1. The van der Waals surface area contributed by atoms with Crippen molar-refractivity contribution >= 4 is 27.5 Å². The molecule has 0 radical (unpaired) electrons. The van der Waals surface area contributed by atoms with Crippen LogP contribution in [0.15, 0.2) is 53.4 Å². The van der Waals surface area contributed by atoms with Gasteiger partial charge in [-0.2, -0.15) is 0 Å². The number of amides is 1. The molecule has 0 aliphatic heterocycles. The Morgan fingerprint density at radius 3 is 2.45 bits per heavy atom. The van der Waals surface area contributed by atoms with E-state index >= 15 is 0 Å². The highest BCUT2D eigenvalue weighted by atomic mass is 35.5. The normalized spacial score (nSPS) is 11.8. The van der Waals surface area contributed by atoms with Crippen LogP contribution in [0.3, 0.4) is 0 Å². The molecule has 0 aromatic heterocycles. The quantitative estimate of drug-likeness (QED) is 0.597. The van der Waals surface area contributed by atoms with Crippen molar-refractivity contribution in [2.45, 2.75) is 38.3 Å². The first-order chi connectivity index (χ1) is 13.7. The van der Waals surface area contributed by atoms with Crippen molar-refractivity contribution < 1.29 is 13.2 Å². The number of halogens is 1. The molecule has 0 fully saturated rings. The molecule has 0 saturated carbocycles. The minimum Gasteiger partial charge on any atom is -0.351 e. The Labute approximate surface area is 178 Å². The SMILES string of the molecule is CCN(CCNC(=O)c1ccc(Cl)c(S(=O)(=O)NCc2ccccc2)c1)C(C)C. The van der Waals surface area contributed by atoms with E-state index in [-0.39, 0.29) is 27.9 Å². The Morgan fingerprint density at radius 1 is 1.14 bits per heavy atom. The first-order valence-corrected chi connectivity index (χ1v) is 11.5. The molecule has 2 rings (SSSR count). The second-order valence-electron chi connectivity index (χ2n) is 6.93. The van der Waals surface area contributed by atoms with Crippen LogP contribution in [-0.2, 0) is 16.6 Å². The highest BCUT2D eigenvalue weighted by Gasteiger charge is 2.20. The van der Waals surface area contributed by atoms with E-state index in [1.807, 2.05) is 30.3 Å². The molecule has 0 saturated heterocycles. The Kier molecular flexibility index (Phi) is 8.64. The number of likely N-dealkylation sites (N-methyl/N-ethyl adjacent to an activating group) is 1. The fraction of sp³-hybridized carbons (Fsp3) is 0.381. The molecular formula is C21H28ClN3O3S. The van der Waals surface area contributed by atoms with Gasteiger partial charge in [-0.05, 0) is 44.2 Å². The van der Waals surface area contributed by atoms with Crippen LogP contribution in [0.5, 0.6) is 0 Å². The fourth-order valence-corrected chi connectivity index (χ4v) is 4.44. The lowest BCUT2D eigenvalue weighted by Crippen LogP contribution is -2.38. The lowest BCUT2D eigenvalue weighted by atomic mass is 10.2. The van der Waals surface area contributed by atoms with Crippen LogP contribution in [0.4, 0.5) is 0 Å². The molecular weight excluding hydrogens is 410 g/mol. The summed E-state index contributed by atoms with van der Waals surface area (Å²) in [6.45, 7) is 8.50. The maximum absolute atomic E-state index is 12.7. The molecule has 0 bridgehead atoms. The lowest BCUT2D eigenvalue weighted by Gasteiger charge is -2.24. The second-order valence-corrected chi connectivity index (χ2v) is 9.08. The van der Waals surface area contributed by atoms with E-state index in [1.165, 1.54) is 18.2 Å². The molecule has 6 nitrogen and oxygen atoms in total. The molecule has 2 N–H and O–H groups in total. The number of rotatable bonds is 10. The molecule has 29 heavy (non-hydrogen) atoms. The van der Waals surface area contributed by atoms with Crippen molar-refractivity contribution in [1.29, 1.82) is 0 Å². The van der Waals surface area contributed by atoms with Crippen molar-refractivity contribution in [3.05, 3.63) is 64.7 Å². The summed E-state index contributed by atoms with van der Waals surface area (Å²) in [6.07, 6.45) is 0. The van der Waals surface area contributed by atoms with E-state index in [0.29, 0.717) is 12.6 Å². The molecule has 158 valence electrons. The molecule has 0 spiro atoms. The molecule has 2 aromatic rings. The van der Waals surface area contributed by atoms with E-state index in [2.05, 4.69) is 35.7 Å². The van der Waals surface area contributed by atoms with Gasteiger partial charge in [-0.3, -0.25) is 9.69 Å². The average Bonchev–Trinajstić information content (AvgIpc) is 2.70. The van der Waals surface area contributed by atoms with Crippen LogP contribution in [0.25, 0.3) is 0 Å². The lowest BCUT2D eigenvalue weighted by molar-refractivity contribution is 0.0945. The molecule has 0 atom stereocenters. The Balaban J connectivity index is 2.07. The zero-order valence-corrected chi connectivity index (χ0v) is 18.6. The highest BCUT2D eigenvalue weighted by molar-refractivity contribution is 7.89. The van der Waals surface area contributed by atoms with Crippen LogP contribution in [0, 0.1) is 0 Å². The number of hydrogen-bond donors (Lipinski definition) is 2. The largest absolute Gasteiger partial charge is 0.351 e. The van der Waals surface area contributed by atoms with Gasteiger partial charge in [0.05, 0.1) is 5.02 Å². The van der Waals surface area contributed by atoms with Gasteiger partial charge in [-0.25, -0.2) is 13.1 Å². The summed E-state index contributed by atoms with van der Waals surface area (Å²) in [5.74, 6) is -0.332. The van der Waals surface area contributed by atoms with Gasteiger partial charge in [0.1, 0.15) is 4.90 Å². The topological polar surface area (TPSA) is 78.5 Å². The predicted molar refractivity (Wildman–Crippen MR) is 117 cm³/mol. The minimum atomic E-state index is -3.86. The van der Waals surface area contributed by atoms with Crippen molar-refractivity contribution in [1.82, 2.24) is 14.9 Å². The van der Waals surface area contributed by atoms with Crippen LogP contribution in [0.1, 0.15) is 36.7 Å². The monoisotopic (exact) mass is 437 g/mol. The zero-order chi connectivity index (χ0) is 21.4. The van der Waals surface area contributed by atoms with Crippen LogP contribution in [-0.4, -0.2) is 44.9 Å². The molecule has 0 heterocycles. The van der Waals surface area contributed by atoms with E-state index in [1.54, 1.807) is 0 Å². The summed E-state index contributed by atoms with van der Waals surface area (Å²) in [5, 5.41) is 2.90. The molecule has 0 unspecified atom stereocenters. The number of nitrogens with one attached hydrogen (secondary N) is 2. The maximum Gasteiger partial charge on any atom is 0.251 e. The third-order valence-electron chi connectivity index (χ3n) is 4.61. The van der Waals surface area contributed by atoms with E-state index < -0.39 is 10.0 Å². The molecule has 2 aromatic carbocycles. The highest BCUT2D eigenvalue weighted by Crippen LogP contribution is 2.23. The number of sulfonamides is 1. The predicted octanol–water partition coefficient (Wildman–Crippen LogP) is 3.28. The first-order valence-electron chi connectivity index (χ1n) is 9.60. The molecule has 8 heteroatoms. The smallest absolute Gasteiger partial charge is 0.251 e. The van der Waals surface area contributed by atoms with E-state index in [0.717, 1.165) is 18.7 Å². The number of benzene rings is 2. The Morgan fingerprint density at radius 2 is 1.83 bits per heavy atom. The summed E-state index contributed by atoms with van der Waals surface area (Å²) in [4.78, 5) is 14.6. The zero-order valence-electron chi connectivity index (χ0n) is 17.0. The van der Waals surface area contributed by atoms with Crippen LogP contribution < -0.4 is 10.0 Å². The van der Waals surface area contributed by atoms with Gasteiger partial charge >= 0.3 is 0 Å². The van der Waals surface area contributed by atoms with Gasteiger partial charge in [-0.15, -0.1) is 0 Å². The average molecular weight is 438 g/mol. The third kappa shape index (κ3) is 6.82. The van der Waals surface area contributed by atoms with Gasteiger partial charge < -0.3 is 5.32 Å². The number of nitrogens with zero attached hydrogens (tertiary/aromatic N) is 1. The van der Waals surface area contributed by atoms with Crippen LogP contribution >= 0.6 is 11.6 Å². The van der Waals surface area contributed by atoms with Gasteiger partial charge in [0, 0.05) is 31.2 Å². The van der Waals surface area contributed by atoms with Gasteiger partial charge in [0.2, 0.25) is 10.0 Å². The first kappa shape index (κ1) is 23.3. The molecule has 1 amide bonds. The minimum absolute atomic E-state index is 0.0686. The summed E-state index contributed by atoms with van der Waals surface area (Å²) in [5.41, 5.74) is 1.08. The van der Waals surface area contributed by atoms with Crippen molar-refractivity contribution in [3.8, 4) is 0 Å². The third-order valence-corrected chi connectivity index (χ3v) is 6.50. The second kappa shape index (κ2) is 10.7. The molecule has 0 aliphatic carbocycles.